The molecule has 50 heavy (non-hydrogen) atoms. The Hall–Kier alpha value is -4.24. The van der Waals surface area contributed by atoms with E-state index in [2.05, 4.69) is 5.09 Å². The van der Waals surface area contributed by atoms with Crippen LogP contribution in [0.3, 0.4) is 0 Å². The van der Waals surface area contributed by atoms with Crippen molar-refractivity contribution in [1.29, 1.82) is 0 Å². The summed E-state index contributed by atoms with van der Waals surface area (Å²) in [6.07, 6.45) is 1.33. The minimum atomic E-state index is -4.61. The summed E-state index contributed by atoms with van der Waals surface area (Å²) >= 11 is 1.40. The molecule has 2 aliphatic carbocycles. The molecule has 0 bridgehead atoms. The number of morpholine rings is 1. The predicted octanol–water partition coefficient (Wildman–Crippen LogP) is 4.49. The Morgan fingerprint density at radius 2 is 1.92 bits per heavy atom. The fraction of sp³-hybridized carbons (Fsp3) is 0.324. The Morgan fingerprint density at radius 3 is 2.68 bits per heavy atom. The molecule has 16 heteroatoms. The van der Waals surface area contributed by atoms with Gasteiger partial charge in [-0.05, 0) is 0 Å². The molecule has 2 N–H and O–H groups in total. The Labute approximate surface area is 289 Å². The van der Waals surface area contributed by atoms with Gasteiger partial charge >= 0.3 is 290 Å². The first-order chi connectivity index (χ1) is 24.1. The van der Waals surface area contributed by atoms with Crippen molar-refractivity contribution in [2.45, 2.75) is 37.5 Å². The van der Waals surface area contributed by atoms with Crippen molar-refractivity contribution < 1.29 is 41.8 Å². The van der Waals surface area contributed by atoms with Crippen LogP contribution in [-0.4, -0.2) is 71.5 Å². The fourth-order valence-electron chi connectivity index (χ4n) is 7.22. The molecule has 4 heterocycles. The molecule has 2 aliphatic heterocycles. The Bertz CT molecular complexity index is 2110. The molecular weight excluding hydrogens is 693 g/mol. The van der Waals surface area contributed by atoms with Crippen molar-refractivity contribution in [2.24, 2.45) is 0 Å². The molecule has 4 aromatic rings. The molecule has 0 radical (unpaired) electrons. The monoisotopic (exact) mass is 726 g/mol. The van der Waals surface area contributed by atoms with Crippen LogP contribution < -0.4 is 20.0 Å². The molecule has 2 atom stereocenters. The number of carbonyl (C=O) groups excluding carboxylic acids is 2. The molecule has 2 unspecified atom stereocenters. The van der Waals surface area contributed by atoms with E-state index in [1.54, 1.807) is 29.0 Å². The summed E-state index contributed by atoms with van der Waals surface area (Å²) in [5, 5.41) is 6.44. The fourth-order valence-corrected chi connectivity index (χ4v) is 10.2. The van der Waals surface area contributed by atoms with Gasteiger partial charge in [0.25, 0.3) is 0 Å². The van der Waals surface area contributed by atoms with Gasteiger partial charge in [-0.3, -0.25) is 0 Å². The molecule has 8 rings (SSSR count). The van der Waals surface area contributed by atoms with Gasteiger partial charge in [-0.1, -0.05) is 0 Å². The number of pyridine rings is 1. The first kappa shape index (κ1) is 32.9. The zero-order valence-electron chi connectivity index (χ0n) is 27.0. The average Bonchev–Trinajstić information content (AvgIpc) is 3.76. The summed E-state index contributed by atoms with van der Waals surface area (Å²) in [5.41, 5.74) is 0.368. The number of esters is 1. The number of ether oxygens (including phenoxy) is 2. The van der Waals surface area contributed by atoms with Crippen LogP contribution in [0.1, 0.15) is 47.4 Å². The van der Waals surface area contributed by atoms with Crippen molar-refractivity contribution in [3.05, 3.63) is 98.8 Å². The van der Waals surface area contributed by atoms with E-state index in [0.29, 0.717) is 24.0 Å². The number of thiophene rings is 1. The Balaban J connectivity index is 1.35. The number of amides is 1. The summed E-state index contributed by atoms with van der Waals surface area (Å²) < 4.78 is 55.1. The van der Waals surface area contributed by atoms with Gasteiger partial charge in [0.1, 0.15) is 0 Å². The van der Waals surface area contributed by atoms with Crippen LogP contribution in [0.4, 0.5) is 8.78 Å². The van der Waals surface area contributed by atoms with Crippen LogP contribution in [-0.2, 0) is 18.8 Å². The number of hydrogen-bond donors (Lipinski definition) is 2. The molecule has 4 aliphatic rings. The SMILES string of the molecule is CCO[PH](O)(NC1(C(=O)OC)CC1)Oc1c2n(ccc1=O)N(C1c3ccccc3-c3sccc3-c3c1ccc(F)c3F)C1COCCN1C2=O. The van der Waals surface area contributed by atoms with Gasteiger partial charge < -0.3 is 0 Å². The summed E-state index contributed by atoms with van der Waals surface area (Å²) in [6.45, 7) is 1.98. The third kappa shape index (κ3) is 5.06. The van der Waals surface area contributed by atoms with E-state index < -0.39 is 60.5 Å². The van der Waals surface area contributed by atoms with E-state index in [4.69, 9.17) is 18.5 Å². The molecule has 2 aromatic heterocycles. The van der Waals surface area contributed by atoms with Gasteiger partial charge in [-0.2, -0.15) is 0 Å². The van der Waals surface area contributed by atoms with Gasteiger partial charge in [0.2, 0.25) is 0 Å². The van der Waals surface area contributed by atoms with Gasteiger partial charge in [0, 0.05) is 0 Å². The molecule has 1 saturated heterocycles. The van der Waals surface area contributed by atoms with Crippen LogP contribution in [0.15, 0.2) is 64.9 Å². The van der Waals surface area contributed by atoms with Gasteiger partial charge in [0.05, 0.1) is 0 Å². The van der Waals surface area contributed by atoms with Gasteiger partial charge in [-0.25, -0.2) is 0 Å². The number of nitrogens with zero attached hydrogens (tertiary/aromatic N) is 3. The summed E-state index contributed by atoms with van der Waals surface area (Å²) in [4.78, 5) is 54.8. The molecule has 0 spiro atoms. The zero-order valence-corrected chi connectivity index (χ0v) is 28.8. The minimum absolute atomic E-state index is 0.0448. The quantitative estimate of drug-likeness (QED) is 0.198. The normalized spacial score (nSPS) is 20.5. The number of benzene rings is 2. The summed E-state index contributed by atoms with van der Waals surface area (Å²) in [5.74, 6) is -3.70. The van der Waals surface area contributed by atoms with Crippen LogP contribution in [0.25, 0.3) is 21.6 Å². The topological polar surface area (TPSA) is 132 Å². The molecule has 1 amide bonds. The number of rotatable bonds is 8. The zero-order chi connectivity index (χ0) is 34.9. The average molecular weight is 727 g/mol. The summed E-state index contributed by atoms with van der Waals surface area (Å²) in [6, 6.07) is 12.3. The van der Waals surface area contributed by atoms with E-state index in [0.717, 1.165) is 22.1 Å². The van der Waals surface area contributed by atoms with Crippen LogP contribution in [0.5, 0.6) is 5.75 Å². The predicted molar refractivity (Wildman–Crippen MR) is 181 cm³/mol. The molecule has 1 saturated carbocycles. The third-order valence-corrected chi connectivity index (χ3v) is 12.5. The number of methoxy groups -OCH3 is 1. The maximum absolute atomic E-state index is 16.0. The van der Waals surface area contributed by atoms with E-state index in [1.807, 2.05) is 29.6 Å². The first-order valence-corrected chi connectivity index (χ1v) is 18.8. The van der Waals surface area contributed by atoms with Gasteiger partial charge in [0.15, 0.2) is 0 Å². The van der Waals surface area contributed by atoms with Crippen LogP contribution >= 0.6 is 19.4 Å². The number of nitrogens with one attached hydrogen (secondary N) is 1. The standard InChI is InChI=1S/C34H33F2N4O8PS/c1-3-47-49(44,37-34(12-13-34)33(43)45-2)48-30-24(41)10-14-39-29(30)32(42)38-15-16-46-18-25(38)40(39)28-19-6-4-5-7-20(19)31-22(11-17-50-31)26-21(28)8-9-23(35)27(26)36/h4-11,14,17,25,28,37,44,49H,3,12-13,15-16,18H2,1-2H3. The Morgan fingerprint density at radius 1 is 1.12 bits per heavy atom. The second-order valence-electron chi connectivity index (χ2n) is 12.4. The second kappa shape index (κ2) is 12.2. The van der Waals surface area contributed by atoms with E-state index >= 15 is 8.78 Å². The molecule has 12 nitrogen and oxygen atoms in total. The van der Waals surface area contributed by atoms with Crippen LogP contribution in [0, 0.1) is 11.6 Å². The van der Waals surface area contributed by atoms with Crippen molar-refractivity contribution in [1.82, 2.24) is 14.7 Å². The maximum atomic E-state index is 16.0. The van der Waals surface area contributed by atoms with Crippen molar-refractivity contribution in [3.63, 3.8) is 0 Å². The third-order valence-electron chi connectivity index (χ3n) is 9.58. The molecular formula is C34H33F2N4O8PS. The van der Waals surface area contributed by atoms with Crippen molar-refractivity contribution >= 4 is 31.3 Å². The summed E-state index contributed by atoms with van der Waals surface area (Å²) in [7, 11) is -3.38. The number of carbonyl (C=O) groups is 2. The number of fused-ring (bicyclic) bond motifs is 7. The van der Waals surface area contributed by atoms with E-state index in [-0.39, 0.29) is 37.6 Å². The van der Waals surface area contributed by atoms with E-state index in [1.165, 1.54) is 35.4 Å². The molecule has 2 aromatic carbocycles. The van der Waals surface area contributed by atoms with Crippen molar-refractivity contribution in [3.8, 4) is 27.3 Å². The van der Waals surface area contributed by atoms with Crippen LogP contribution in [0.2, 0.25) is 0 Å². The molecule has 262 valence electrons. The number of hydrogen-bond acceptors (Lipinski definition) is 11. The molecule has 2 fully saturated rings. The van der Waals surface area contributed by atoms with E-state index in [9.17, 15) is 19.3 Å². The first-order valence-electron chi connectivity index (χ1n) is 16.1. The second-order valence-corrected chi connectivity index (χ2v) is 15.3. The van der Waals surface area contributed by atoms with Gasteiger partial charge in [-0.15, -0.1) is 0 Å². The number of aromatic nitrogens is 1. The number of halogens is 2. The van der Waals surface area contributed by atoms with Crippen molar-refractivity contribution in [2.75, 3.05) is 38.5 Å². The Kier molecular flexibility index (Phi) is 8.05.